The van der Waals surface area contributed by atoms with Gasteiger partial charge in [0, 0.05) is 24.6 Å². The molecular weight excluding hydrogens is 204 g/mol. The number of hydrogen-bond acceptors (Lipinski definition) is 6. The SMILES string of the molecule is C1CN(CN2CCSNC2)CNS1. The van der Waals surface area contributed by atoms with Gasteiger partial charge in [0.15, 0.2) is 0 Å². The van der Waals surface area contributed by atoms with Gasteiger partial charge in [0.2, 0.25) is 0 Å². The van der Waals surface area contributed by atoms with Crippen LogP contribution in [0.25, 0.3) is 0 Å². The average Bonchev–Trinajstić information content (AvgIpc) is 2.21. The fourth-order valence-corrected chi connectivity index (χ4v) is 2.99. The Hall–Kier alpha value is 0.540. The van der Waals surface area contributed by atoms with Crippen molar-refractivity contribution in [3.63, 3.8) is 0 Å². The lowest BCUT2D eigenvalue weighted by molar-refractivity contribution is 0.135. The zero-order valence-electron chi connectivity index (χ0n) is 7.66. The van der Waals surface area contributed by atoms with E-state index in [-0.39, 0.29) is 0 Å². The topological polar surface area (TPSA) is 30.5 Å². The summed E-state index contributed by atoms with van der Waals surface area (Å²) >= 11 is 3.66. The van der Waals surface area contributed by atoms with E-state index >= 15 is 0 Å². The molecule has 0 spiro atoms. The lowest BCUT2D eigenvalue weighted by atomic mass is 10.5. The van der Waals surface area contributed by atoms with E-state index in [0.29, 0.717) is 0 Å². The van der Waals surface area contributed by atoms with E-state index in [2.05, 4.69) is 19.2 Å². The van der Waals surface area contributed by atoms with Crippen molar-refractivity contribution in [3.8, 4) is 0 Å². The van der Waals surface area contributed by atoms with E-state index in [4.69, 9.17) is 0 Å². The van der Waals surface area contributed by atoms with Gasteiger partial charge in [-0.2, -0.15) is 0 Å². The van der Waals surface area contributed by atoms with E-state index in [0.717, 1.165) is 20.0 Å². The highest BCUT2D eigenvalue weighted by molar-refractivity contribution is 7.97. The van der Waals surface area contributed by atoms with E-state index < -0.39 is 0 Å². The van der Waals surface area contributed by atoms with Crippen LogP contribution in [0.1, 0.15) is 0 Å². The minimum Gasteiger partial charge on any atom is -0.276 e. The smallest absolute Gasteiger partial charge is 0.0588 e. The second-order valence-electron chi connectivity index (χ2n) is 3.23. The third kappa shape index (κ3) is 3.30. The molecule has 0 atom stereocenters. The fourth-order valence-electron chi connectivity index (χ4n) is 1.45. The highest BCUT2D eigenvalue weighted by Crippen LogP contribution is 2.07. The van der Waals surface area contributed by atoms with Gasteiger partial charge < -0.3 is 0 Å². The lowest BCUT2D eigenvalue weighted by Gasteiger charge is -2.34. The van der Waals surface area contributed by atoms with Crippen molar-refractivity contribution in [2.45, 2.75) is 0 Å². The van der Waals surface area contributed by atoms with Gasteiger partial charge in [-0.1, -0.05) is 23.9 Å². The van der Waals surface area contributed by atoms with Gasteiger partial charge >= 0.3 is 0 Å². The maximum absolute atomic E-state index is 3.31. The molecule has 2 heterocycles. The number of hydrogen-bond donors (Lipinski definition) is 2. The summed E-state index contributed by atoms with van der Waals surface area (Å²) in [6.45, 7) is 5.56. The van der Waals surface area contributed by atoms with Crippen LogP contribution in [-0.4, -0.2) is 54.4 Å². The number of rotatable bonds is 2. The normalized spacial score (nSPS) is 27.7. The van der Waals surface area contributed by atoms with Crippen LogP contribution in [0.5, 0.6) is 0 Å². The standard InChI is InChI=1S/C7H16N4S2/c1-3-12-8-5-10(1)7-11-2-4-13-9-6-11/h8-9H,1-7H2. The summed E-state index contributed by atoms with van der Waals surface area (Å²) in [5.74, 6) is 2.41. The molecule has 2 N–H and O–H groups in total. The molecule has 2 saturated heterocycles. The molecule has 0 unspecified atom stereocenters. The molecule has 0 aromatic heterocycles. The molecule has 4 nitrogen and oxygen atoms in total. The largest absolute Gasteiger partial charge is 0.276 e. The summed E-state index contributed by atoms with van der Waals surface area (Å²) in [7, 11) is 0. The van der Waals surface area contributed by atoms with Crippen LogP contribution in [-0.2, 0) is 0 Å². The quantitative estimate of drug-likeness (QED) is 0.635. The van der Waals surface area contributed by atoms with Crippen LogP contribution >= 0.6 is 23.9 Å². The highest BCUT2D eigenvalue weighted by atomic mass is 32.2. The van der Waals surface area contributed by atoms with Gasteiger partial charge in [-0.25, -0.2) is 0 Å². The first-order valence-corrected chi connectivity index (χ1v) is 6.56. The fraction of sp³-hybridized carbons (Fsp3) is 1.00. The summed E-state index contributed by atoms with van der Waals surface area (Å²) in [4.78, 5) is 4.91. The van der Waals surface area contributed by atoms with E-state index in [1.807, 2.05) is 23.9 Å². The van der Waals surface area contributed by atoms with E-state index in [1.165, 1.54) is 24.6 Å². The van der Waals surface area contributed by atoms with Gasteiger partial charge in [0.05, 0.1) is 20.0 Å². The molecule has 0 amide bonds. The molecule has 0 aromatic carbocycles. The van der Waals surface area contributed by atoms with Crippen LogP contribution in [0.4, 0.5) is 0 Å². The Morgan fingerprint density at radius 1 is 0.923 bits per heavy atom. The van der Waals surface area contributed by atoms with Crippen molar-refractivity contribution in [1.82, 2.24) is 19.2 Å². The molecule has 2 aliphatic heterocycles. The van der Waals surface area contributed by atoms with Crippen LogP contribution in [0.3, 0.4) is 0 Å². The van der Waals surface area contributed by atoms with Gasteiger partial charge in [-0.15, -0.1) is 0 Å². The Morgan fingerprint density at radius 2 is 1.46 bits per heavy atom. The third-order valence-corrected chi connectivity index (χ3v) is 3.64. The molecule has 0 aromatic rings. The van der Waals surface area contributed by atoms with E-state index in [9.17, 15) is 0 Å². The minimum absolute atomic E-state index is 1.02. The average molecular weight is 220 g/mol. The van der Waals surface area contributed by atoms with Gasteiger partial charge in [0.1, 0.15) is 0 Å². The summed E-state index contributed by atoms with van der Waals surface area (Å²) in [5, 5.41) is 0. The minimum atomic E-state index is 1.02. The Balaban J connectivity index is 1.69. The van der Waals surface area contributed by atoms with Crippen LogP contribution in [0.2, 0.25) is 0 Å². The number of nitrogens with zero attached hydrogens (tertiary/aromatic N) is 2. The van der Waals surface area contributed by atoms with Crippen molar-refractivity contribution in [3.05, 3.63) is 0 Å². The van der Waals surface area contributed by atoms with Crippen LogP contribution < -0.4 is 9.44 Å². The zero-order chi connectivity index (χ0) is 8.93. The predicted octanol–water partition coefficient (Wildman–Crippen LogP) is -0.0343. The predicted molar refractivity (Wildman–Crippen MR) is 59.2 cm³/mol. The molecule has 0 aliphatic carbocycles. The lowest BCUT2D eigenvalue weighted by Crippen LogP contribution is -2.49. The second-order valence-corrected chi connectivity index (χ2v) is 5.20. The van der Waals surface area contributed by atoms with E-state index in [1.54, 1.807) is 0 Å². The molecular formula is C7H16N4S2. The zero-order valence-corrected chi connectivity index (χ0v) is 9.29. The monoisotopic (exact) mass is 220 g/mol. The highest BCUT2D eigenvalue weighted by Gasteiger charge is 2.15. The molecule has 2 aliphatic rings. The molecule has 0 saturated carbocycles. The summed E-state index contributed by atoms with van der Waals surface area (Å²) in [6.07, 6.45) is 0. The first kappa shape index (κ1) is 10.1. The van der Waals surface area contributed by atoms with Crippen molar-refractivity contribution in [2.24, 2.45) is 0 Å². The maximum Gasteiger partial charge on any atom is 0.0588 e. The van der Waals surface area contributed by atoms with Crippen LogP contribution in [0, 0.1) is 0 Å². The Morgan fingerprint density at radius 3 is 1.85 bits per heavy atom. The van der Waals surface area contributed by atoms with Crippen molar-refractivity contribution >= 4 is 23.9 Å². The summed E-state index contributed by atoms with van der Waals surface area (Å²) < 4.78 is 6.63. The molecule has 2 rings (SSSR count). The third-order valence-electron chi connectivity index (χ3n) is 2.20. The Labute approximate surface area is 88.1 Å². The first-order valence-electron chi connectivity index (χ1n) is 4.59. The molecule has 0 bridgehead atoms. The number of nitrogens with one attached hydrogen (secondary N) is 2. The van der Waals surface area contributed by atoms with Crippen molar-refractivity contribution in [2.75, 3.05) is 44.6 Å². The second kappa shape index (κ2) is 5.43. The molecule has 13 heavy (non-hydrogen) atoms. The van der Waals surface area contributed by atoms with Gasteiger partial charge in [-0.05, 0) is 0 Å². The summed E-state index contributed by atoms with van der Waals surface area (Å²) in [6, 6.07) is 0. The Bertz CT molecular complexity index is 129. The summed E-state index contributed by atoms with van der Waals surface area (Å²) in [5.41, 5.74) is 0. The first-order chi connectivity index (χ1) is 6.45. The molecule has 76 valence electrons. The van der Waals surface area contributed by atoms with Crippen LogP contribution in [0.15, 0.2) is 0 Å². The van der Waals surface area contributed by atoms with Crippen molar-refractivity contribution < 1.29 is 0 Å². The molecule has 2 fully saturated rings. The molecule has 0 radical (unpaired) electrons. The Kier molecular flexibility index (Phi) is 4.21. The van der Waals surface area contributed by atoms with Crippen molar-refractivity contribution in [1.29, 1.82) is 0 Å². The van der Waals surface area contributed by atoms with Gasteiger partial charge in [0.25, 0.3) is 0 Å². The maximum atomic E-state index is 3.31. The van der Waals surface area contributed by atoms with Gasteiger partial charge in [-0.3, -0.25) is 19.2 Å². The molecule has 6 heteroatoms.